The lowest BCUT2D eigenvalue weighted by atomic mass is 10.00. The zero-order valence-corrected chi connectivity index (χ0v) is 30.8. The van der Waals surface area contributed by atoms with Gasteiger partial charge in [-0.2, -0.15) is 0 Å². The highest BCUT2D eigenvalue weighted by atomic mass is 16.3. The third-order valence-corrected chi connectivity index (χ3v) is 9.05. The van der Waals surface area contributed by atoms with Crippen LogP contribution in [0.5, 0.6) is 0 Å². The minimum Gasteiger partial charge on any atom is -0.394 e. The van der Waals surface area contributed by atoms with E-state index in [0.717, 1.165) is 57.8 Å². The molecule has 5 N–H and O–H groups in total. The monoisotopic (exact) mass is 664 g/mol. The summed E-state index contributed by atoms with van der Waals surface area (Å²) < 4.78 is 0. The van der Waals surface area contributed by atoms with Crippen LogP contribution in [0.2, 0.25) is 0 Å². The van der Waals surface area contributed by atoms with Crippen LogP contribution in [0.15, 0.2) is 36.5 Å². The molecule has 0 radical (unpaired) electrons. The van der Waals surface area contributed by atoms with Gasteiger partial charge in [0.2, 0.25) is 5.91 Å². The molecule has 0 aromatic heterocycles. The number of hydrogen-bond donors (Lipinski definition) is 5. The summed E-state index contributed by atoms with van der Waals surface area (Å²) in [5.41, 5.74) is 0. The Morgan fingerprint density at radius 1 is 0.511 bits per heavy atom. The molecule has 0 saturated heterocycles. The van der Waals surface area contributed by atoms with Gasteiger partial charge in [-0.15, -0.1) is 0 Å². The molecular weight excluding hydrogens is 586 g/mol. The molecular formula is C41H77NO5. The lowest BCUT2D eigenvalue weighted by Crippen LogP contribution is -2.53. The molecule has 4 atom stereocenters. The van der Waals surface area contributed by atoms with Crippen LogP contribution >= 0.6 is 0 Å². The van der Waals surface area contributed by atoms with E-state index in [4.69, 9.17) is 0 Å². The first kappa shape index (κ1) is 45.5. The Bertz CT molecular complexity index is 752. The van der Waals surface area contributed by atoms with Gasteiger partial charge < -0.3 is 25.7 Å². The summed E-state index contributed by atoms with van der Waals surface area (Å²) in [4.78, 5) is 12.4. The smallest absolute Gasteiger partial charge is 0.249 e. The highest BCUT2D eigenvalue weighted by Crippen LogP contribution is 2.14. The zero-order chi connectivity index (χ0) is 34.6. The summed E-state index contributed by atoms with van der Waals surface area (Å²) in [7, 11) is 0. The van der Waals surface area contributed by atoms with Crippen molar-refractivity contribution in [3.63, 3.8) is 0 Å². The Hall–Kier alpha value is -1.47. The molecule has 0 aliphatic carbocycles. The van der Waals surface area contributed by atoms with Crippen LogP contribution in [0.4, 0.5) is 0 Å². The quantitative estimate of drug-likeness (QED) is 0.0343. The number of rotatable bonds is 35. The van der Waals surface area contributed by atoms with E-state index < -0.39 is 36.9 Å². The maximum absolute atomic E-state index is 12.4. The predicted octanol–water partition coefficient (Wildman–Crippen LogP) is 9.79. The fourth-order valence-corrected chi connectivity index (χ4v) is 5.82. The van der Waals surface area contributed by atoms with Gasteiger partial charge in [0.05, 0.1) is 18.8 Å². The molecule has 6 heteroatoms. The standard InChI is InChI=1S/C41H77NO5/c1-3-5-7-9-11-13-15-16-17-18-19-20-21-22-23-25-26-28-30-32-34-38(44)40(46)37(36-43)42-41(47)39(45)35-33-31-29-27-24-14-12-10-8-6-4-2/h12,14,21-22,26,28,37-40,43-46H,3-11,13,15-20,23-25,27,29-36H2,1-2H3,(H,42,47)/b14-12-,22-21+,28-26+. The van der Waals surface area contributed by atoms with E-state index in [1.807, 2.05) is 0 Å². The number of amides is 1. The topological polar surface area (TPSA) is 110 Å². The van der Waals surface area contributed by atoms with Gasteiger partial charge in [-0.25, -0.2) is 0 Å². The predicted molar refractivity (Wildman–Crippen MR) is 200 cm³/mol. The fraction of sp³-hybridized carbons (Fsp3) is 0.829. The molecule has 276 valence electrons. The van der Waals surface area contributed by atoms with E-state index in [-0.39, 0.29) is 0 Å². The van der Waals surface area contributed by atoms with Gasteiger partial charge in [0, 0.05) is 0 Å². The number of allylic oxidation sites excluding steroid dienone is 6. The summed E-state index contributed by atoms with van der Waals surface area (Å²) in [6.07, 6.45) is 40.3. The van der Waals surface area contributed by atoms with Crippen molar-refractivity contribution in [3.8, 4) is 0 Å². The van der Waals surface area contributed by atoms with Crippen LogP contribution in [-0.2, 0) is 4.79 Å². The van der Waals surface area contributed by atoms with E-state index in [1.54, 1.807) is 0 Å². The molecule has 0 saturated carbocycles. The highest BCUT2D eigenvalue weighted by molar-refractivity contribution is 5.80. The lowest BCUT2D eigenvalue weighted by Gasteiger charge is -2.27. The molecule has 1 amide bonds. The van der Waals surface area contributed by atoms with Crippen molar-refractivity contribution in [2.24, 2.45) is 0 Å². The first-order valence-corrected chi connectivity index (χ1v) is 19.9. The van der Waals surface area contributed by atoms with Crippen molar-refractivity contribution in [1.29, 1.82) is 0 Å². The summed E-state index contributed by atoms with van der Waals surface area (Å²) >= 11 is 0. The zero-order valence-electron chi connectivity index (χ0n) is 30.8. The summed E-state index contributed by atoms with van der Waals surface area (Å²) in [5, 5.41) is 43.4. The molecule has 47 heavy (non-hydrogen) atoms. The van der Waals surface area contributed by atoms with E-state index in [2.05, 4.69) is 55.6 Å². The van der Waals surface area contributed by atoms with Crippen LogP contribution < -0.4 is 5.32 Å². The molecule has 0 aromatic carbocycles. The number of aliphatic hydroxyl groups excluding tert-OH is 4. The van der Waals surface area contributed by atoms with Gasteiger partial charge in [0.1, 0.15) is 12.2 Å². The first-order valence-electron chi connectivity index (χ1n) is 19.9. The Kier molecular flexibility index (Phi) is 34.7. The van der Waals surface area contributed by atoms with E-state index >= 15 is 0 Å². The van der Waals surface area contributed by atoms with E-state index in [9.17, 15) is 25.2 Å². The van der Waals surface area contributed by atoms with Crippen molar-refractivity contribution < 1.29 is 25.2 Å². The van der Waals surface area contributed by atoms with Gasteiger partial charge in [0.15, 0.2) is 0 Å². The van der Waals surface area contributed by atoms with Crippen molar-refractivity contribution in [2.75, 3.05) is 6.61 Å². The number of carbonyl (C=O) groups is 1. The van der Waals surface area contributed by atoms with Crippen molar-refractivity contribution >= 4 is 5.91 Å². The van der Waals surface area contributed by atoms with Crippen molar-refractivity contribution in [1.82, 2.24) is 5.32 Å². The molecule has 0 spiro atoms. The molecule has 0 heterocycles. The Balaban J connectivity index is 3.85. The largest absolute Gasteiger partial charge is 0.394 e. The van der Waals surface area contributed by atoms with Crippen LogP contribution in [0.3, 0.4) is 0 Å². The summed E-state index contributed by atoms with van der Waals surface area (Å²) in [6, 6.07) is -1.01. The lowest BCUT2D eigenvalue weighted by molar-refractivity contribution is -0.132. The number of aliphatic hydroxyl groups is 4. The third-order valence-electron chi connectivity index (χ3n) is 9.05. The SMILES string of the molecule is CCCCC/C=C\CCCCCCC(O)C(=O)NC(CO)C(O)C(O)CCC/C=C/CC/C=C/CCCCCCCCCCCCC. The number of carbonyl (C=O) groups excluding carboxylic acids is 1. The number of unbranched alkanes of at least 4 members (excludes halogenated alkanes) is 20. The molecule has 0 aromatic rings. The second-order valence-corrected chi connectivity index (χ2v) is 13.6. The maximum atomic E-state index is 12.4. The Labute approximate surface area is 290 Å². The van der Waals surface area contributed by atoms with Gasteiger partial charge >= 0.3 is 0 Å². The van der Waals surface area contributed by atoms with Gasteiger partial charge in [-0.3, -0.25) is 4.79 Å². The highest BCUT2D eigenvalue weighted by Gasteiger charge is 2.28. The van der Waals surface area contributed by atoms with Gasteiger partial charge in [-0.1, -0.05) is 147 Å². The first-order chi connectivity index (χ1) is 23.0. The van der Waals surface area contributed by atoms with Crippen LogP contribution in [0, 0.1) is 0 Å². The van der Waals surface area contributed by atoms with Crippen molar-refractivity contribution in [3.05, 3.63) is 36.5 Å². The Morgan fingerprint density at radius 2 is 0.894 bits per heavy atom. The van der Waals surface area contributed by atoms with E-state index in [0.29, 0.717) is 19.3 Å². The maximum Gasteiger partial charge on any atom is 0.249 e. The van der Waals surface area contributed by atoms with Gasteiger partial charge in [-0.05, 0) is 77.0 Å². The van der Waals surface area contributed by atoms with E-state index in [1.165, 1.54) is 96.3 Å². The van der Waals surface area contributed by atoms with Gasteiger partial charge in [0.25, 0.3) is 0 Å². The average molecular weight is 664 g/mol. The second-order valence-electron chi connectivity index (χ2n) is 13.6. The molecule has 0 bridgehead atoms. The van der Waals surface area contributed by atoms with Crippen LogP contribution in [-0.4, -0.2) is 57.3 Å². The van der Waals surface area contributed by atoms with Crippen LogP contribution in [0.1, 0.15) is 187 Å². The molecule has 4 unspecified atom stereocenters. The minimum atomic E-state index is -1.29. The molecule has 0 aliphatic rings. The molecule has 0 fully saturated rings. The second kappa shape index (κ2) is 35.8. The third kappa shape index (κ3) is 30.3. The number of nitrogens with one attached hydrogen (secondary N) is 1. The minimum absolute atomic E-state index is 0.344. The van der Waals surface area contributed by atoms with Crippen LogP contribution in [0.25, 0.3) is 0 Å². The average Bonchev–Trinajstić information content (AvgIpc) is 3.07. The summed E-state index contributed by atoms with van der Waals surface area (Å²) in [5.74, 6) is -0.610. The summed E-state index contributed by atoms with van der Waals surface area (Å²) in [6.45, 7) is 3.98. The molecule has 0 rings (SSSR count). The fourth-order valence-electron chi connectivity index (χ4n) is 5.82. The Morgan fingerprint density at radius 3 is 1.38 bits per heavy atom. The van der Waals surface area contributed by atoms with Crippen molar-refractivity contribution in [2.45, 2.75) is 212 Å². The normalized spacial score (nSPS) is 14.8. The molecule has 6 nitrogen and oxygen atoms in total. The molecule has 0 aliphatic heterocycles. The number of hydrogen-bond acceptors (Lipinski definition) is 5.